The van der Waals surface area contributed by atoms with Crippen molar-refractivity contribution in [3.05, 3.63) is 75.6 Å². The number of aromatic nitrogens is 4. The predicted molar refractivity (Wildman–Crippen MR) is 129 cm³/mol. The van der Waals surface area contributed by atoms with Gasteiger partial charge in [-0.25, -0.2) is 4.98 Å². The minimum Gasteiger partial charge on any atom is -0.332 e. The van der Waals surface area contributed by atoms with Crippen molar-refractivity contribution in [3.63, 3.8) is 0 Å². The molecule has 2 aromatic carbocycles. The Balaban J connectivity index is 1.45. The first-order valence-electron chi connectivity index (χ1n) is 10.7. The lowest BCUT2D eigenvalue weighted by atomic mass is 10.1. The quantitative estimate of drug-likeness (QED) is 0.356. The summed E-state index contributed by atoms with van der Waals surface area (Å²) in [5.74, 6) is 0.856. The molecule has 0 unspecified atom stereocenters. The molecular formula is C24H23N5O2S. The van der Waals surface area contributed by atoms with Crippen LogP contribution in [0.2, 0.25) is 0 Å². The van der Waals surface area contributed by atoms with Crippen molar-refractivity contribution in [2.75, 3.05) is 5.32 Å². The van der Waals surface area contributed by atoms with Crippen molar-refractivity contribution in [1.82, 2.24) is 19.1 Å². The summed E-state index contributed by atoms with van der Waals surface area (Å²) < 4.78 is 4.02. The number of rotatable bonds is 4. The van der Waals surface area contributed by atoms with E-state index in [1.165, 1.54) is 17.4 Å². The molecule has 0 aliphatic carbocycles. The van der Waals surface area contributed by atoms with Gasteiger partial charge in [-0.05, 0) is 61.5 Å². The maximum absolute atomic E-state index is 12.9. The van der Waals surface area contributed by atoms with E-state index in [4.69, 9.17) is 17.2 Å². The minimum absolute atomic E-state index is 0.208. The Bertz CT molecular complexity index is 1490. The third-order valence-electron chi connectivity index (χ3n) is 5.92. The number of carbonyl (C=O) groups excluding carboxylic acids is 1. The summed E-state index contributed by atoms with van der Waals surface area (Å²) in [6, 6.07) is 10.8. The lowest BCUT2D eigenvalue weighted by Crippen LogP contribution is -2.22. The Kier molecular flexibility index (Phi) is 5.22. The first kappa shape index (κ1) is 20.4. The van der Waals surface area contributed by atoms with Crippen LogP contribution in [-0.2, 0) is 19.5 Å². The molecule has 3 heterocycles. The summed E-state index contributed by atoms with van der Waals surface area (Å²) >= 11 is 5.29. The Morgan fingerprint density at radius 3 is 2.94 bits per heavy atom. The number of aromatic amines is 1. The number of fused-ring (bicyclic) bond motifs is 4. The molecule has 0 radical (unpaired) electrons. The Morgan fingerprint density at radius 2 is 2.09 bits per heavy atom. The molecule has 7 nitrogen and oxygen atoms in total. The van der Waals surface area contributed by atoms with Gasteiger partial charge in [-0.1, -0.05) is 12.5 Å². The summed E-state index contributed by atoms with van der Waals surface area (Å²) in [5.41, 5.74) is 3.44. The highest BCUT2D eigenvalue weighted by molar-refractivity contribution is 7.71. The maximum atomic E-state index is 12.9. The normalized spacial score (nSPS) is 13.6. The zero-order chi connectivity index (χ0) is 22.2. The van der Waals surface area contributed by atoms with Gasteiger partial charge in [0.25, 0.3) is 11.5 Å². The number of anilines is 1. The predicted octanol–water partition coefficient (Wildman–Crippen LogP) is 4.57. The van der Waals surface area contributed by atoms with Gasteiger partial charge in [-0.15, -0.1) is 6.58 Å². The van der Waals surface area contributed by atoms with E-state index in [0.717, 1.165) is 36.2 Å². The molecule has 32 heavy (non-hydrogen) atoms. The molecule has 0 atom stereocenters. The van der Waals surface area contributed by atoms with Crippen LogP contribution >= 0.6 is 12.2 Å². The topological polar surface area (TPSA) is 84.7 Å². The van der Waals surface area contributed by atoms with Gasteiger partial charge in [0.1, 0.15) is 5.82 Å². The first-order valence-corrected chi connectivity index (χ1v) is 11.1. The van der Waals surface area contributed by atoms with Gasteiger partial charge < -0.3 is 14.9 Å². The largest absolute Gasteiger partial charge is 0.332 e. The summed E-state index contributed by atoms with van der Waals surface area (Å²) in [6.07, 6.45) is 6.17. The average molecular weight is 446 g/mol. The highest BCUT2D eigenvalue weighted by Crippen LogP contribution is 2.25. The van der Waals surface area contributed by atoms with Gasteiger partial charge in [0.05, 0.1) is 21.9 Å². The molecule has 2 aromatic heterocycles. The van der Waals surface area contributed by atoms with Gasteiger partial charge >= 0.3 is 0 Å². The fourth-order valence-corrected chi connectivity index (χ4v) is 4.59. The van der Waals surface area contributed by atoms with E-state index in [2.05, 4.69) is 21.4 Å². The highest BCUT2D eigenvalue weighted by Gasteiger charge is 2.15. The number of H-pyrrole nitrogens is 1. The average Bonchev–Trinajstić information content (AvgIpc) is 2.95. The van der Waals surface area contributed by atoms with Crippen LogP contribution in [-0.4, -0.2) is 25.0 Å². The molecule has 1 aliphatic heterocycles. The summed E-state index contributed by atoms with van der Waals surface area (Å²) in [4.78, 5) is 33.4. The van der Waals surface area contributed by atoms with Crippen LogP contribution < -0.4 is 10.9 Å². The van der Waals surface area contributed by atoms with E-state index in [1.54, 1.807) is 24.3 Å². The zero-order valence-electron chi connectivity index (χ0n) is 17.6. The zero-order valence-corrected chi connectivity index (χ0v) is 18.4. The van der Waals surface area contributed by atoms with Crippen molar-refractivity contribution >= 4 is 45.7 Å². The molecule has 0 saturated heterocycles. The molecule has 0 saturated carbocycles. The number of benzene rings is 2. The SMILES string of the molecule is C=CCn1c(=S)[nH]c2cc(C(=O)Nc3ccc4c(c3)nc3n4CCCCC3)ccc2c1=O. The van der Waals surface area contributed by atoms with Gasteiger partial charge in [-0.2, -0.15) is 0 Å². The van der Waals surface area contributed by atoms with Gasteiger partial charge in [0.2, 0.25) is 0 Å². The van der Waals surface area contributed by atoms with Crippen LogP contribution in [0.1, 0.15) is 35.4 Å². The van der Waals surface area contributed by atoms with Crippen molar-refractivity contribution < 1.29 is 4.79 Å². The van der Waals surface area contributed by atoms with Crippen molar-refractivity contribution in [3.8, 4) is 0 Å². The number of amides is 1. The lowest BCUT2D eigenvalue weighted by molar-refractivity contribution is 0.102. The summed E-state index contributed by atoms with van der Waals surface area (Å²) in [5, 5.41) is 3.41. The first-order chi connectivity index (χ1) is 15.5. The molecule has 0 spiro atoms. The van der Waals surface area contributed by atoms with E-state index >= 15 is 0 Å². The van der Waals surface area contributed by atoms with Crippen LogP contribution in [0.4, 0.5) is 5.69 Å². The third-order valence-corrected chi connectivity index (χ3v) is 6.25. The maximum Gasteiger partial charge on any atom is 0.262 e. The second kappa shape index (κ2) is 8.20. The van der Waals surface area contributed by atoms with Crippen LogP contribution in [0.25, 0.3) is 21.9 Å². The van der Waals surface area contributed by atoms with Crippen LogP contribution in [0.15, 0.2) is 53.8 Å². The van der Waals surface area contributed by atoms with Gasteiger partial charge in [-0.3, -0.25) is 14.2 Å². The molecule has 0 bridgehead atoms. The molecular weight excluding hydrogens is 422 g/mol. The second-order valence-electron chi connectivity index (χ2n) is 8.04. The minimum atomic E-state index is -0.262. The van der Waals surface area contributed by atoms with Crippen molar-refractivity contribution in [2.45, 2.75) is 38.8 Å². The molecule has 4 aromatic rings. The standard InChI is InChI=1S/C24H23N5O2S/c1-2-11-29-23(31)17-9-7-15(13-18(17)27-24(29)32)22(30)25-16-8-10-20-19(14-16)26-21-6-4-3-5-12-28(20)21/h2,7-10,13-14H,1,3-6,11-12H2,(H,25,30)(H,27,32). The van der Waals surface area contributed by atoms with Crippen LogP contribution in [0.5, 0.6) is 0 Å². The second-order valence-corrected chi connectivity index (χ2v) is 8.43. The number of nitrogens with zero attached hydrogens (tertiary/aromatic N) is 3. The van der Waals surface area contributed by atoms with Gasteiger partial charge in [0.15, 0.2) is 4.77 Å². The van der Waals surface area contributed by atoms with E-state index in [-0.39, 0.29) is 11.5 Å². The van der Waals surface area contributed by atoms with Crippen molar-refractivity contribution in [1.29, 1.82) is 0 Å². The van der Waals surface area contributed by atoms with E-state index in [0.29, 0.717) is 33.5 Å². The fourth-order valence-electron chi connectivity index (χ4n) is 4.32. The molecule has 5 rings (SSSR count). The molecule has 1 amide bonds. The number of hydrogen-bond donors (Lipinski definition) is 2. The monoisotopic (exact) mass is 445 g/mol. The Morgan fingerprint density at radius 1 is 1.22 bits per heavy atom. The fraction of sp³-hybridized carbons (Fsp3) is 0.250. The molecule has 0 fully saturated rings. The molecule has 8 heteroatoms. The number of imidazole rings is 1. The summed E-state index contributed by atoms with van der Waals surface area (Å²) in [6.45, 7) is 4.97. The Hall–Kier alpha value is -3.52. The molecule has 162 valence electrons. The van der Waals surface area contributed by atoms with E-state index < -0.39 is 0 Å². The smallest absolute Gasteiger partial charge is 0.262 e. The number of aryl methyl sites for hydroxylation is 2. The highest BCUT2D eigenvalue weighted by atomic mass is 32.1. The van der Waals surface area contributed by atoms with Gasteiger partial charge in [0, 0.05) is 30.8 Å². The molecule has 2 N–H and O–H groups in total. The van der Waals surface area contributed by atoms with Crippen LogP contribution in [0.3, 0.4) is 0 Å². The Labute approximate surface area is 189 Å². The van der Waals surface area contributed by atoms with Crippen molar-refractivity contribution in [2.24, 2.45) is 0 Å². The third kappa shape index (κ3) is 3.56. The number of carbonyl (C=O) groups is 1. The number of hydrogen-bond acceptors (Lipinski definition) is 4. The van der Waals surface area contributed by atoms with E-state index in [1.807, 2.05) is 18.2 Å². The van der Waals surface area contributed by atoms with Crippen LogP contribution in [0, 0.1) is 4.77 Å². The van der Waals surface area contributed by atoms with E-state index in [9.17, 15) is 9.59 Å². The number of nitrogens with one attached hydrogen (secondary N) is 2. The lowest BCUT2D eigenvalue weighted by Gasteiger charge is -2.09. The summed E-state index contributed by atoms with van der Waals surface area (Å²) in [7, 11) is 0. The number of allylic oxidation sites excluding steroid dienone is 1. The molecule has 1 aliphatic rings.